The van der Waals surface area contributed by atoms with E-state index >= 15 is 0 Å². The average molecular weight is 306 g/mol. The zero-order valence-electron chi connectivity index (χ0n) is 10.9. The van der Waals surface area contributed by atoms with Gasteiger partial charge < -0.3 is 15.5 Å². The number of thioether (sulfide) groups is 1. The number of thiazole rings is 1. The number of nitrogens with two attached hydrogens (primary N) is 1. The van der Waals surface area contributed by atoms with E-state index in [-0.39, 0.29) is 0 Å². The van der Waals surface area contributed by atoms with Gasteiger partial charge in [0.25, 0.3) is 0 Å². The number of benzene rings is 1. The maximum absolute atomic E-state index is 5.61. The molecule has 3 aromatic rings. The first-order chi connectivity index (χ1) is 9.74. The molecular weight excluding hydrogens is 292 g/mol. The van der Waals surface area contributed by atoms with Gasteiger partial charge in [-0.3, -0.25) is 0 Å². The second-order valence-electron chi connectivity index (χ2n) is 4.11. The summed E-state index contributed by atoms with van der Waals surface area (Å²) in [4.78, 5) is 13.0. The van der Waals surface area contributed by atoms with Crippen molar-refractivity contribution in [2.24, 2.45) is 0 Å². The minimum atomic E-state index is 0.603. The first-order valence-corrected chi connectivity index (χ1v) is 8.00. The monoisotopic (exact) mass is 306 g/mol. The molecule has 0 aliphatic carbocycles. The number of nitrogen functional groups attached to an aromatic ring is 1. The molecule has 0 saturated heterocycles. The van der Waals surface area contributed by atoms with Crippen molar-refractivity contribution in [3.05, 3.63) is 29.3 Å². The minimum absolute atomic E-state index is 0.603. The van der Waals surface area contributed by atoms with E-state index in [0.717, 1.165) is 32.6 Å². The summed E-state index contributed by atoms with van der Waals surface area (Å²) in [5, 5.41) is 1.49. The quantitative estimate of drug-likeness (QED) is 0.707. The maximum atomic E-state index is 5.61. The van der Waals surface area contributed by atoms with Crippen molar-refractivity contribution < 1.29 is 4.74 Å². The summed E-state index contributed by atoms with van der Waals surface area (Å²) in [6, 6.07) is 5.87. The van der Waals surface area contributed by atoms with Gasteiger partial charge in [0.15, 0.2) is 10.3 Å². The number of aromatic nitrogens is 3. The van der Waals surface area contributed by atoms with Crippen LogP contribution in [-0.4, -0.2) is 21.6 Å². The van der Waals surface area contributed by atoms with Crippen molar-refractivity contribution in [1.82, 2.24) is 15.0 Å². The molecule has 7 heteroatoms. The topological polar surface area (TPSA) is 76.8 Å². The first kappa shape index (κ1) is 13.3. The first-order valence-electron chi connectivity index (χ1n) is 6.20. The van der Waals surface area contributed by atoms with Gasteiger partial charge in [0.05, 0.1) is 17.6 Å². The Bertz CT molecular complexity index is 722. The molecule has 0 amide bonds. The Morgan fingerprint density at radius 2 is 2.35 bits per heavy atom. The Morgan fingerprint density at radius 1 is 1.45 bits per heavy atom. The van der Waals surface area contributed by atoms with Gasteiger partial charge in [-0.25, -0.2) is 9.97 Å². The van der Waals surface area contributed by atoms with Crippen LogP contribution in [0, 0.1) is 0 Å². The summed E-state index contributed by atoms with van der Waals surface area (Å²) < 4.78 is 5.48. The summed E-state index contributed by atoms with van der Waals surface area (Å²) in [5.41, 5.74) is 7.55. The van der Waals surface area contributed by atoms with E-state index in [0.29, 0.717) is 11.7 Å². The molecule has 2 heterocycles. The molecule has 1 aromatic carbocycles. The molecule has 20 heavy (non-hydrogen) atoms. The average Bonchev–Trinajstić information content (AvgIpc) is 3.02. The largest absolute Gasteiger partial charge is 0.494 e. The molecule has 0 aliphatic heterocycles. The Balaban J connectivity index is 1.75. The van der Waals surface area contributed by atoms with Crippen molar-refractivity contribution in [2.45, 2.75) is 17.8 Å². The van der Waals surface area contributed by atoms with Crippen LogP contribution in [0.5, 0.6) is 5.75 Å². The number of hydrogen-bond donors (Lipinski definition) is 2. The van der Waals surface area contributed by atoms with E-state index in [1.54, 1.807) is 11.8 Å². The third-order valence-electron chi connectivity index (χ3n) is 2.67. The van der Waals surface area contributed by atoms with Gasteiger partial charge in [0, 0.05) is 22.9 Å². The molecule has 3 rings (SSSR count). The predicted molar refractivity (Wildman–Crippen MR) is 83.4 cm³/mol. The van der Waals surface area contributed by atoms with Gasteiger partial charge in [-0.2, -0.15) is 0 Å². The number of anilines is 1. The molecule has 2 aromatic heterocycles. The molecule has 0 saturated carbocycles. The lowest BCUT2D eigenvalue weighted by Gasteiger charge is -2.00. The fourth-order valence-corrected chi connectivity index (χ4v) is 3.41. The van der Waals surface area contributed by atoms with Crippen molar-refractivity contribution in [3.63, 3.8) is 0 Å². The van der Waals surface area contributed by atoms with Crippen molar-refractivity contribution in [2.75, 3.05) is 12.3 Å². The van der Waals surface area contributed by atoms with E-state index in [1.165, 1.54) is 11.3 Å². The van der Waals surface area contributed by atoms with Gasteiger partial charge in [0.2, 0.25) is 0 Å². The molecule has 0 bridgehead atoms. The predicted octanol–water partition coefficient (Wildman–Crippen LogP) is 3.29. The number of aromatic amines is 1. The van der Waals surface area contributed by atoms with E-state index in [1.807, 2.05) is 31.3 Å². The summed E-state index contributed by atoms with van der Waals surface area (Å²) in [7, 11) is 0. The summed E-state index contributed by atoms with van der Waals surface area (Å²) in [5.74, 6) is 1.67. The maximum Gasteiger partial charge on any atom is 0.180 e. The number of ether oxygens (including phenoxy) is 1. The summed E-state index contributed by atoms with van der Waals surface area (Å²) in [6.07, 6.45) is 1.81. The number of H-pyrrole nitrogens is 1. The number of nitrogens with one attached hydrogen (secondary N) is 1. The third kappa shape index (κ3) is 2.88. The van der Waals surface area contributed by atoms with E-state index < -0.39 is 0 Å². The van der Waals surface area contributed by atoms with Crippen LogP contribution >= 0.6 is 23.1 Å². The van der Waals surface area contributed by atoms with Crippen LogP contribution in [0.3, 0.4) is 0 Å². The number of nitrogens with zero attached hydrogens (tertiary/aromatic N) is 2. The van der Waals surface area contributed by atoms with Gasteiger partial charge >= 0.3 is 0 Å². The zero-order chi connectivity index (χ0) is 13.9. The molecule has 5 nitrogen and oxygen atoms in total. The van der Waals surface area contributed by atoms with Gasteiger partial charge in [-0.1, -0.05) is 11.8 Å². The highest BCUT2D eigenvalue weighted by Crippen LogP contribution is 2.27. The van der Waals surface area contributed by atoms with E-state index in [2.05, 4.69) is 15.0 Å². The van der Waals surface area contributed by atoms with Crippen LogP contribution in [0.4, 0.5) is 5.13 Å². The Hall–Kier alpha value is -1.73. The lowest BCUT2D eigenvalue weighted by atomic mass is 10.3. The van der Waals surface area contributed by atoms with Crippen molar-refractivity contribution >= 4 is 39.3 Å². The van der Waals surface area contributed by atoms with Gasteiger partial charge in [-0.15, -0.1) is 11.3 Å². The second kappa shape index (κ2) is 5.72. The number of rotatable bonds is 5. The molecule has 3 N–H and O–H groups in total. The highest BCUT2D eigenvalue weighted by Gasteiger charge is 2.06. The molecule has 0 radical (unpaired) electrons. The number of fused-ring (bicyclic) bond motifs is 1. The molecule has 0 aliphatic rings. The van der Waals surface area contributed by atoms with Crippen LogP contribution in [0.15, 0.2) is 29.6 Å². The lowest BCUT2D eigenvalue weighted by Crippen LogP contribution is -1.90. The van der Waals surface area contributed by atoms with Crippen LogP contribution < -0.4 is 10.5 Å². The lowest BCUT2D eigenvalue weighted by molar-refractivity contribution is 0.340. The Labute approximate surface area is 124 Å². The normalized spacial score (nSPS) is 11.1. The van der Waals surface area contributed by atoms with Crippen LogP contribution in [0.1, 0.15) is 11.8 Å². The fraction of sp³-hybridized carbons (Fsp3) is 0.231. The van der Waals surface area contributed by atoms with Crippen molar-refractivity contribution in [3.8, 4) is 5.75 Å². The van der Waals surface area contributed by atoms with E-state index in [4.69, 9.17) is 10.5 Å². The molecule has 0 atom stereocenters. The van der Waals surface area contributed by atoms with Crippen LogP contribution in [-0.2, 0) is 5.75 Å². The minimum Gasteiger partial charge on any atom is -0.494 e. The van der Waals surface area contributed by atoms with Gasteiger partial charge in [0.1, 0.15) is 5.75 Å². The Kier molecular flexibility index (Phi) is 3.79. The Morgan fingerprint density at radius 3 is 3.10 bits per heavy atom. The standard InChI is InChI=1S/C13H14N4OS2/c1-2-18-8-3-4-10-11(5-8)17-13(16-10)19-7-9-6-15-12(14)20-9/h3-6H,2,7H2,1H3,(H2,14,15)(H,16,17). The number of hydrogen-bond acceptors (Lipinski definition) is 6. The number of imidazole rings is 1. The molecule has 0 spiro atoms. The molecule has 0 fully saturated rings. The van der Waals surface area contributed by atoms with E-state index in [9.17, 15) is 0 Å². The molecule has 0 unspecified atom stereocenters. The van der Waals surface area contributed by atoms with Gasteiger partial charge in [-0.05, 0) is 19.1 Å². The highest BCUT2D eigenvalue weighted by atomic mass is 32.2. The highest BCUT2D eigenvalue weighted by molar-refractivity contribution is 7.98. The fourth-order valence-electron chi connectivity index (χ4n) is 1.82. The van der Waals surface area contributed by atoms with Crippen LogP contribution in [0.2, 0.25) is 0 Å². The molecule has 104 valence electrons. The van der Waals surface area contributed by atoms with Crippen LogP contribution in [0.25, 0.3) is 11.0 Å². The summed E-state index contributed by atoms with van der Waals surface area (Å²) >= 11 is 3.15. The SMILES string of the molecule is CCOc1ccc2nc(SCc3cnc(N)s3)[nH]c2c1. The third-order valence-corrected chi connectivity index (χ3v) is 4.60. The second-order valence-corrected chi connectivity index (χ2v) is 6.22. The van der Waals surface area contributed by atoms with Crippen molar-refractivity contribution in [1.29, 1.82) is 0 Å². The molecular formula is C13H14N4OS2. The zero-order valence-corrected chi connectivity index (χ0v) is 12.6. The summed E-state index contributed by atoms with van der Waals surface area (Å²) in [6.45, 7) is 2.63. The smallest absolute Gasteiger partial charge is 0.180 e.